The van der Waals surface area contributed by atoms with Gasteiger partial charge in [0.2, 0.25) is 0 Å². The Morgan fingerprint density at radius 3 is 2.96 bits per heavy atom. The molecule has 9 nitrogen and oxygen atoms in total. The number of anilines is 1. The second kappa shape index (κ2) is 9.54. The molecule has 1 saturated heterocycles. The van der Waals surface area contributed by atoms with Crippen molar-refractivity contribution in [3.8, 4) is 11.8 Å². The smallest absolute Gasteiger partial charge is 0.273 e. The van der Waals surface area contributed by atoms with Crippen LogP contribution >= 0.6 is 0 Å². The van der Waals surface area contributed by atoms with Gasteiger partial charge in [-0.2, -0.15) is 5.26 Å². The van der Waals surface area contributed by atoms with Gasteiger partial charge in [-0.25, -0.2) is 0 Å². The number of rotatable bonds is 7. The van der Waals surface area contributed by atoms with Crippen molar-refractivity contribution in [2.45, 2.75) is 31.7 Å². The van der Waals surface area contributed by atoms with E-state index in [0.717, 1.165) is 19.3 Å². The molecule has 1 heterocycles. The summed E-state index contributed by atoms with van der Waals surface area (Å²) in [6.07, 6.45) is 4.99. The van der Waals surface area contributed by atoms with E-state index in [1.54, 1.807) is 0 Å². The van der Waals surface area contributed by atoms with Gasteiger partial charge in [0.25, 0.3) is 11.6 Å². The maximum absolute atomic E-state index is 12.5. The van der Waals surface area contributed by atoms with E-state index in [0.29, 0.717) is 13.0 Å². The number of nitro groups is 1. The van der Waals surface area contributed by atoms with Crippen LogP contribution < -0.4 is 10.1 Å². The number of benzene rings is 1. The molecule has 1 amide bonds. The van der Waals surface area contributed by atoms with Gasteiger partial charge < -0.3 is 20.1 Å². The van der Waals surface area contributed by atoms with Crippen LogP contribution in [0.4, 0.5) is 11.4 Å². The van der Waals surface area contributed by atoms with Crippen LogP contribution in [-0.2, 0) is 4.79 Å². The summed E-state index contributed by atoms with van der Waals surface area (Å²) in [7, 11) is 1.34. The first-order chi connectivity index (χ1) is 13.0. The van der Waals surface area contributed by atoms with Gasteiger partial charge in [-0.3, -0.25) is 14.9 Å². The summed E-state index contributed by atoms with van der Waals surface area (Å²) in [6, 6.07) is 5.79. The van der Waals surface area contributed by atoms with E-state index < -0.39 is 10.8 Å². The quantitative estimate of drug-likeness (QED) is 0.324. The van der Waals surface area contributed by atoms with Crippen molar-refractivity contribution in [3.05, 3.63) is 40.1 Å². The van der Waals surface area contributed by atoms with Crippen molar-refractivity contribution in [1.82, 2.24) is 4.90 Å². The van der Waals surface area contributed by atoms with Crippen molar-refractivity contribution >= 4 is 17.3 Å². The number of nitrogens with one attached hydrogen (secondary N) is 1. The van der Waals surface area contributed by atoms with Gasteiger partial charge in [-0.05, 0) is 31.7 Å². The Labute approximate surface area is 157 Å². The molecule has 1 aliphatic heterocycles. The number of methoxy groups -OCH3 is 1. The van der Waals surface area contributed by atoms with Crippen LogP contribution in [0.25, 0.3) is 0 Å². The summed E-state index contributed by atoms with van der Waals surface area (Å²) in [4.78, 5) is 24.7. The zero-order valence-corrected chi connectivity index (χ0v) is 15.1. The Morgan fingerprint density at radius 1 is 1.56 bits per heavy atom. The van der Waals surface area contributed by atoms with Crippen molar-refractivity contribution in [3.63, 3.8) is 0 Å². The number of carbonyl (C=O) groups excluding carboxylic acids is 1. The van der Waals surface area contributed by atoms with E-state index in [4.69, 9.17) is 4.74 Å². The SMILES string of the molecule is COc1cc([N+](=O)[O-])ccc1NC(=O)/C(C#N)=C\N1CCCCC1CCO. The Hall–Kier alpha value is -3.12. The lowest BCUT2D eigenvalue weighted by Crippen LogP contribution is -2.37. The van der Waals surface area contributed by atoms with Gasteiger partial charge in [0, 0.05) is 31.5 Å². The van der Waals surface area contributed by atoms with E-state index in [1.165, 1.54) is 31.5 Å². The molecule has 0 radical (unpaired) electrons. The normalized spacial score (nSPS) is 17.1. The molecular formula is C18H22N4O5. The Kier molecular flexibility index (Phi) is 7.14. The third-order valence-corrected chi connectivity index (χ3v) is 4.44. The number of aliphatic hydroxyl groups is 1. The number of non-ortho nitro benzene ring substituents is 1. The predicted octanol–water partition coefficient (Wildman–Crippen LogP) is 2.19. The molecule has 9 heteroatoms. The van der Waals surface area contributed by atoms with Crippen LogP contribution in [0.3, 0.4) is 0 Å². The van der Waals surface area contributed by atoms with Gasteiger partial charge in [-0.1, -0.05) is 0 Å². The zero-order chi connectivity index (χ0) is 19.8. The molecule has 2 rings (SSSR count). The van der Waals surface area contributed by atoms with Gasteiger partial charge in [0.05, 0.1) is 23.8 Å². The van der Waals surface area contributed by atoms with Gasteiger partial charge in [-0.15, -0.1) is 0 Å². The Bertz CT molecular complexity index is 770. The van der Waals surface area contributed by atoms with Crippen LogP contribution in [0.15, 0.2) is 30.0 Å². The Morgan fingerprint density at radius 2 is 2.33 bits per heavy atom. The van der Waals surface area contributed by atoms with E-state index >= 15 is 0 Å². The molecule has 1 atom stereocenters. The summed E-state index contributed by atoms with van der Waals surface area (Å²) in [5.74, 6) is -0.496. The van der Waals surface area contributed by atoms with E-state index in [2.05, 4.69) is 5.32 Å². The molecule has 144 valence electrons. The molecule has 1 aliphatic rings. The monoisotopic (exact) mass is 374 g/mol. The van der Waals surface area contributed by atoms with Crippen LogP contribution in [0.1, 0.15) is 25.7 Å². The molecule has 1 aromatic carbocycles. The molecule has 2 N–H and O–H groups in total. The lowest BCUT2D eigenvalue weighted by atomic mass is 10.00. The molecule has 0 aliphatic carbocycles. The fourth-order valence-electron chi connectivity index (χ4n) is 3.04. The number of aliphatic hydroxyl groups excluding tert-OH is 1. The van der Waals surface area contributed by atoms with Crippen molar-refractivity contribution in [1.29, 1.82) is 5.26 Å². The molecule has 27 heavy (non-hydrogen) atoms. The Balaban J connectivity index is 2.19. The van der Waals surface area contributed by atoms with Crippen molar-refractivity contribution in [2.24, 2.45) is 0 Å². The third-order valence-electron chi connectivity index (χ3n) is 4.44. The minimum absolute atomic E-state index is 0.0447. The summed E-state index contributed by atoms with van der Waals surface area (Å²) in [6.45, 7) is 0.757. The number of amides is 1. The number of nitro benzene ring substituents is 1. The number of hydrogen-bond donors (Lipinski definition) is 2. The lowest BCUT2D eigenvalue weighted by molar-refractivity contribution is -0.384. The number of likely N-dealkylation sites (tertiary alicyclic amines) is 1. The summed E-state index contributed by atoms with van der Waals surface area (Å²) in [5, 5.41) is 32.0. The topological polar surface area (TPSA) is 129 Å². The average Bonchev–Trinajstić information content (AvgIpc) is 2.67. The molecule has 0 spiro atoms. The van der Waals surface area contributed by atoms with Crippen LogP contribution in [0, 0.1) is 21.4 Å². The molecular weight excluding hydrogens is 352 g/mol. The standard InChI is InChI=1S/C18H22N4O5/c1-27-17-10-15(22(25)26)5-6-16(17)20-18(24)13(11-19)12-21-8-3-2-4-14(21)7-9-23/h5-6,10,12,14,23H,2-4,7-9H2,1H3,(H,20,24)/b13-12-. The number of piperidine rings is 1. The minimum Gasteiger partial charge on any atom is -0.494 e. The number of hydrogen-bond acceptors (Lipinski definition) is 7. The van der Waals surface area contributed by atoms with Gasteiger partial charge in [0.15, 0.2) is 0 Å². The molecule has 1 aromatic rings. The highest BCUT2D eigenvalue weighted by Gasteiger charge is 2.22. The van der Waals surface area contributed by atoms with Gasteiger partial charge in [0.1, 0.15) is 17.4 Å². The largest absolute Gasteiger partial charge is 0.494 e. The number of carbonyl (C=O) groups is 1. The average molecular weight is 374 g/mol. The second-order valence-corrected chi connectivity index (χ2v) is 6.15. The van der Waals surface area contributed by atoms with E-state index in [9.17, 15) is 25.3 Å². The highest BCUT2D eigenvalue weighted by atomic mass is 16.6. The fraction of sp³-hybridized carbons (Fsp3) is 0.444. The maximum atomic E-state index is 12.5. The highest BCUT2D eigenvalue weighted by molar-refractivity contribution is 6.07. The van der Waals surface area contributed by atoms with Crippen molar-refractivity contribution < 1.29 is 19.6 Å². The number of nitrogens with zero attached hydrogens (tertiary/aromatic N) is 3. The molecule has 0 aromatic heterocycles. The summed E-state index contributed by atoms with van der Waals surface area (Å²) < 4.78 is 5.09. The number of ether oxygens (including phenoxy) is 1. The van der Waals surface area contributed by atoms with E-state index in [-0.39, 0.29) is 35.3 Å². The van der Waals surface area contributed by atoms with Crippen LogP contribution in [0.2, 0.25) is 0 Å². The number of nitriles is 1. The molecule has 0 saturated carbocycles. The second-order valence-electron chi connectivity index (χ2n) is 6.15. The van der Waals surface area contributed by atoms with Gasteiger partial charge >= 0.3 is 0 Å². The first-order valence-electron chi connectivity index (χ1n) is 8.62. The first kappa shape index (κ1) is 20.2. The van der Waals surface area contributed by atoms with Crippen LogP contribution in [0.5, 0.6) is 5.75 Å². The molecule has 1 unspecified atom stereocenters. The van der Waals surface area contributed by atoms with Crippen molar-refractivity contribution in [2.75, 3.05) is 25.6 Å². The lowest BCUT2D eigenvalue weighted by Gasteiger charge is -2.34. The maximum Gasteiger partial charge on any atom is 0.273 e. The molecule has 1 fully saturated rings. The van der Waals surface area contributed by atoms with E-state index in [1.807, 2.05) is 11.0 Å². The zero-order valence-electron chi connectivity index (χ0n) is 15.1. The summed E-state index contributed by atoms with van der Waals surface area (Å²) >= 11 is 0. The minimum atomic E-state index is -0.627. The third kappa shape index (κ3) is 5.18. The van der Waals surface area contributed by atoms with Crippen LogP contribution in [-0.4, -0.2) is 47.1 Å². The fourth-order valence-corrected chi connectivity index (χ4v) is 3.04. The first-order valence-corrected chi connectivity index (χ1v) is 8.62. The predicted molar refractivity (Wildman–Crippen MR) is 98.0 cm³/mol. The highest BCUT2D eigenvalue weighted by Crippen LogP contribution is 2.29. The summed E-state index contributed by atoms with van der Waals surface area (Å²) in [5.41, 5.74) is -0.0129. The molecule has 0 bridgehead atoms.